The largest absolute Gasteiger partial charge is 0.313 e. The standard InChI is InChI=1S/C13H16BrCl2N3S/c1-4-8-12(14)10(19(3)18-8)6-9(17-2)7-5-11(15)20-13(7)16/h5,9,17H,4,6H2,1-3H3. The van der Waals surface area contributed by atoms with E-state index in [4.69, 9.17) is 23.2 Å². The van der Waals surface area contributed by atoms with Crippen molar-refractivity contribution in [2.24, 2.45) is 7.05 Å². The first-order chi connectivity index (χ1) is 9.47. The van der Waals surface area contributed by atoms with Crippen molar-refractivity contribution >= 4 is 50.5 Å². The summed E-state index contributed by atoms with van der Waals surface area (Å²) in [4.78, 5) is 0. The van der Waals surface area contributed by atoms with E-state index in [-0.39, 0.29) is 6.04 Å². The summed E-state index contributed by atoms with van der Waals surface area (Å²) in [5, 5.41) is 7.83. The second-order valence-corrected chi connectivity index (χ2v) is 7.59. The monoisotopic (exact) mass is 395 g/mol. The average molecular weight is 397 g/mol. The summed E-state index contributed by atoms with van der Waals surface area (Å²) in [5.41, 5.74) is 3.27. The Labute approximate surface area is 141 Å². The third-order valence-corrected chi connectivity index (χ3v) is 5.74. The highest BCUT2D eigenvalue weighted by Gasteiger charge is 2.21. The summed E-state index contributed by atoms with van der Waals surface area (Å²) in [6.45, 7) is 2.10. The van der Waals surface area contributed by atoms with E-state index in [9.17, 15) is 0 Å². The molecule has 0 aromatic carbocycles. The van der Waals surface area contributed by atoms with Crippen LogP contribution in [-0.4, -0.2) is 16.8 Å². The fraction of sp³-hybridized carbons (Fsp3) is 0.462. The summed E-state index contributed by atoms with van der Waals surface area (Å²) in [6, 6.07) is 2.04. The molecular weight excluding hydrogens is 381 g/mol. The lowest BCUT2D eigenvalue weighted by Gasteiger charge is -2.16. The number of rotatable bonds is 5. The minimum atomic E-state index is 0.114. The van der Waals surface area contributed by atoms with Gasteiger partial charge in [0, 0.05) is 25.1 Å². The molecule has 7 heteroatoms. The molecule has 1 N–H and O–H groups in total. The Balaban J connectivity index is 2.31. The molecule has 0 bridgehead atoms. The number of hydrogen-bond acceptors (Lipinski definition) is 3. The normalized spacial score (nSPS) is 12.9. The third kappa shape index (κ3) is 3.22. The Hall–Kier alpha value is -0.0700. The smallest absolute Gasteiger partial charge is 0.0992 e. The second-order valence-electron chi connectivity index (χ2n) is 4.51. The van der Waals surface area contributed by atoms with Gasteiger partial charge in [0.1, 0.15) is 0 Å². The summed E-state index contributed by atoms with van der Waals surface area (Å²) in [5.74, 6) is 0. The number of hydrogen-bond donors (Lipinski definition) is 1. The number of likely N-dealkylation sites (N-methyl/N-ethyl adjacent to an activating group) is 1. The van der Waals surface area contributed by atoms with Gasteiger partial charge in [-0.3, -0.25) is 4.68 Å². The summed E-state index contributed by atoms with van der Waals surface area (Å²) < 4.78 is 4.46. The molecule has 0 spiro atoms. The fourth-order valence-electron chi connectivity index (χ4n) is 2.19. The van der Waals surface area contributed by atoms with Crippen LogP contribution in [0.25, 0.3) is 0 Å². The zero-order chi connectivity index (χ0) is 14.9. The van der Waals surface area contributed by atoms with Gasteiger partial charge in [0.25, 0.3) is 0 Å². The van der Waals surface area contributed by atoms with E-state index in [1.807, 2.05) is 24.8 Å². The van der Waals surface area contributed by atoms with Crippen molar-refractivity contribution < 1.29 is 0 Å². The van der Waals surface area contributed by atoms with Crippen LogP contribution >= 0.6 is 50.5 Å². The van der Waals surface area contributed by atoms with Crippen molar-refractivity contribution in [2.75, 3.05) is 7.05 Å². The van der Waals surface area contributed by atoms with Gasteiger partial charge in [-0.05, 0) is 35.5 Å². The molecule has 20 heavy (non-hydrogen) atoms. The number of aryl methyl sites for hydroxylation is 2. The summed E-state index contributed by atoms with van der Waals surface area (Å²) >= 11 is 17.3. The van der Waals surface area contributed by atoms with E-state index in [0.29, 0.717) is 4.34 Å². The maximum atomic E-state index is 6.26. The molecule has 110 valence electrons. The van der Waals surface area contributed by atoms with Crippen molar-refractivity contribution in [1.29, 1.82) is 0 Å². The minimum absolute atomic E-state index is 0.114. The zero-order valence-corrected chi connectivity index (χ0v) is 15.4. The maximum Gasteiger partial charge on any atom is 0.0992 e. The van der Waals surface area contributed by atoms with E-state index in [1.165, 1.54) is 11.3 Å². The Kier molecular flexibility index (Phi) is 5.54. The third-order valence-electron chi connectivity index (χ3n) is 3.31. The van der Waals surface area contributed by atoms with Gasteiger partial charge < -0.3 is 5.32 Å². The molecule has 0 saturated heterocycles. The Bertz CT molecular complexity index is 609. The van der Waals surface area contributed by atoms with Gasteiger partial charge in [-0.2, -0.15) is 5.10 Å². The van der Waals surface area contributed by atoms with E-state index in [2.05, 4.69) is 33.3 Å². The predicted molar refractivity (Wildman–Crippen MR) is 90.1 cm³/mol. The molecule has 2 aromatic rings. The lowest BCUT2D eigenvalue weighted by atomic mass is 10.1. The number of halogens is 3. The van der Waals surface area contributed by atoms with Crippen LogP contribution in [0, 0.1) is 0 Å². The number of nitrogens with one attached hydrogen (secondary N) is 1. The number of thiophene rings is 1. The van der Waals surface area contributed by atoms with Crippen LogP contribution in [0.4, 0.5) is 0 Å². The maximum absolute atomic E-state index is 6.26. The Morgan fingerprint density at radius 2 is 2.20 bits per heavy atom. The van der Waals surface area contributed by atoms with Gasteiger partial charge in [-0.15, -0.1) is 11.3 Å². The molecule has 0 aliphatic heterocycles. The first kappa shape index (κ1) is 16.3. The highest BCUT2D eigenvalue weighted by molar-refractivity contribution is 9.10. The van der Waals surface area contributed by atoms with Crippen LogP contribution in [0.3, 0.4) is 0 Å². The van der Waals surface area contributed by atoms with Crippen LogP contribution in [0.5, 0.6) is 0 Å². The second kappa shape index (κ2) is 6.79. The van der Waals surface area contributed by atoms with E-state index >= 15 is 0 Å². The van der Waals surface area contributed by atoms with E-state index in [0.717, 1.165) is 38.6 Å². The van der Waals surface area contributed by atoms with E-state index < -0.39 is 0 Å². The topological polar surface area (TPSA) is 29.9 Å². The zero-order valence-electron chi connectivity index (χ0n) is 11.5. The lowest BCUT2D eigenvalue weighted by Crippen LogP contribution is -2.20. The molecule has 0 aliphatic carbocycles. The van der Waals surface area contributed by atoms with Crippen LogP contribution in [0.2, 0.25) is 8.67 Å². The molecule has 2 aromatic heterocycles. The van der Waals surface area contributed by atoms with Gasteiger partial charge in [0.05, 0.1) is 24.5 Å². The van der Waals surface area contributed by atoms with Gasteiger partial charge >= 0.3 is 0 Å². The Morgan fingerprint density at radius 1 is 1.50 bits per heavy atom. The number of aromatic nitrogens is 2. The molecule has 0 radical (unpaired) electrons. The van der Waals surface area contributed by atoms with Gasteiger partial charge in [0.15, 0.2) is 0 Å². The number of nitrogens with zero attached hydrogens (tertiary/aromatic N) is 2. The highest BCUT2D eigenvalue weighted by Crippen LogP contribution is 2.37. The summed E-state index contributed by atoms with van der Waals surface area (Å²) in [6.07, 6.45) is 1.71. The molecule has 3 nitrogen and oxygen atoms in total. The van der Waals surface area contributed by atoms with Gasteiger partial charge in [-0.1, -0.05) is 30.1 Å². The first-order valence-electron chi connectivity index (χ1n) is 6.30. The highest BCUT2D eigenvalue weighted by atomic mass is 79.9. The molecular formula is C13H16BrCl2N3S. The molecule has 0 amide bonds. The van der Waals surface area contributed by atoms with Crippen molar-refractivity contribution in [3.05, 3.63) is 36.2 Å². The lowest BCUT2D eigenvalue weighted by molar-refractivity contribution is 0.561. The van der Waals surface area contributed by atoms with Crippen LogP contribution in [-0.2, 0) is 19.9 Å². The molecule has 1 atom stereocenters. The van der Waals surface area contributed by atoms with Crippen molar-refractivity contribution in [2.45, 2.75) is 25.8 Å². The minimum Gasteiger partial charge on any atom is -0.313 e. The quantitative estimate of drug-likeness (QED) is 0.799. The molecule has 2 rings (SSSR count). The van der Waals surface area contributed by atoms with Crippen LogP contribution < -0.4 is 5.32 Å². The van der Waals surface area contributed by atoms with E-state index in [1.54, 1.807) is 0 Å². The molecule has 0 fully saturated rings. The van der Waals surface area contributed by atoms with Crippen LogP contribution in [0.1, 0.15) is 29.9 Å². The molecule has 0 aliphatic rings. The SMILES string of the molecule is CCc1nn(C)c(CC(NC)c2cc(Cl)sc2Cl)c1Br. The molecule has 0 saturated carbocycles. The first-order valence-corrected chi connectivity index (χ1v) is 8.66. The molecule has 2 heterocycles. The van der Waals surface area contributed by atoms with Crippen molar-refractivity contribution in [3.8, 4) is 0 Å². The molecule has 1 unspecified atom stereocenters. The van der Waals surface area contributed by atoms with Crippen molar-refractivity contribution in [3.63, 3.8) is 0 Å². The fourth-order valence-corrected chi connectivity index (χ4v) is 4.55. The Morgan fingerprint density at radius 3 is 2.65 bits per heavy atom. The van der Waals surface area contributed by atoms with Gasteiger partial charge in [0.2, 0.25) is 0 Å². The van der Waals surface area contributed by atoms with Crippen molar-refractivity contribution in [1.82, 2.24) is 15.1 Å². The van der Waals surface area contributed by atoms with Gasteiger partial charge in [-0.25, -0.2) is 0 Å². The van der Waals surface area contributed by atoms with Crippen LogP contribution in [0.15, 0.2) is 10.5 Å². The average Bonchev–Trinajstić information content (AvgIpc) is 2.87. The predicted octanol–water partition coefficient (Wildman–Crippen LogP) is 4.62. The summed E-state index contributed by atoms with van der Waals surface area (Å²) in [7, 11) is 3.89.